The van der Waals surface area contributed by atoms with Crippen LogP contribution in [-0.2, 0) is 11.3 Å². The molecule has 1 aromatic heterocycles. The number of pyridine rings is 1. The predicted molar refractivity (Wildman–Crippen MR) is 55.7 cm³/mol. The molecular formula is C11H14N2O2. The van der Waals surface area contributed by atoms with Gasteiger partial charge in [-0.15, -0.1) is 0 Å². The van der Waals surface area contributed by atoms with Crippen molar-refractivity contribution in [2.24, 2.45) is 0 Å². The number of Topliss-reactive ketones (excluding diaryl/α,β-unsaturated/α-hetero) is 1. The lowest BCUT2D eigenvalue weighted by molar-refractivity contribution is -0.116. The summed E-state index contributed by atoms with van der Waals surface area (Å²) in [5.41, 5.74) is 1.12. The number of methoxy groups -OCH3 is 1. The standard InChI is InChI=1S/C11H14N2O2/c1-15-11-3-2-9(6-12-11)7-13-5-4-10(14)8-13/h2-3,6H,4-5,7-8H2,1H3. The Balaban J connectivity index is 1.96. The Bertz CT molecular complexity index is 348. The molecule has 0 N–H and O–H groups in total. The number of carbonyl (C=O) groups excluding carboxylic acids is 1. The first-order valence-electron chi connectivity index (χ1n) is 5.01. The van der Waals surface area contributed by atoms with Gasteiger partial charge in [-0.25, -0.2) is 4.98 Å². The number of nitrogens with zero attached hydrogens (tertiary/aromatic N) is 2. The Labute approximate surface area is 88.9 Å². The van der Waals surface area contributed by atoms with Crippen molar-refractivity contribution in [1.29, 1.82) is 0 Å². The van der Waals surface area contributed by atoms with E-state index in [4.69, 9.17) is 4.74 Å². The lowest BCUT2D eigenvalue weighted by atomic mass is 10.2. The van der Waals surface area contributed by atoms with E-state index < -0.39 is 0 Å². The van der Waals surface area contributed by atoms with Gasteiger partial charge < -0.3 is 4.74 Å². The number of aromatic nitrogens is 1. The van der Waals surface area contributed by atoms with E-state index in [0.717, 1.165) is 18.7 Å². The van der Waals surface area contributed by atoms with E-state index >= 15 is 0 Å². The normalized spacial score (nSPS) is 17.0. The molecule has 0 saturated carbocycles. The number of hydrogen-bond donors (Lipinski definition) is 0. The van der Waals surface area contributed by atoms with Crippen molar-refractivity contribution in [2.45, 2.75) is 13.0 Å². The van der Waals surface area contributed by atoms with Crippen LogP contribution in [0.2, 0.25) is 0 Å². The van der Waals surface area contributed by atoms with Gasteiger partial charge in [0.15, 0.2) is 0 Å². The second-order valence-corrected chi connectivity index (χ2v) is 3.71. The molecule has 1 aliphatic heterocycles. The summed E-state index contributed by atoms with van der Waals surface area (Å²) in [5, 5.41) is 0. The van der Waals surface area contributed by atoms with E-state index in [2.05, 4.69) is 9.88 Å². The third-order valence-corrected chi connectivity index (χ3v) is 2.52. The summed E-state index contributed by atoms with van der Waals surface area (Å²) < 4.78 is 4.98. The number of likely N-dealkylation sites (tertiary alicyclic amines) is 1. The van der Waals surface area contributed by atoms with Gasteiger partial charge in [0.1, 0.15) is 5.78 Å². The molecule has 4 nitrogen and oxygen atoms in total. The van der Waals surface area contributed by atoms with Crippen molar-refractivity contribution >= 4 is 5.78 Å². The first-order chi connectivity index (χ1) is 7.28. The average molecular weight is 206 g/mol. The van der Waals surface area contributed by atoms with Crippen LogP contribution < -0.4 is 4.74 Å². The first kappa shape index (κ1) is 10.1. The maximum atomic E-state index is 11.1. The summed E-state index contributed by atoms with van der Waals surface area (Å²) in [6.45, 7) is 2.24. The highest BCUT2D eigenvalue weighted by Crippen LogP contribution is 2.12. The summed E-state index contributed by atoms with van der Waals surface area (Å²) in [6, 6.07) is 3.82. The minimum Gasteiger partial charge on any atom is -0.481 e. The molecule has 0 unspecified atom stereocenters. The van der Waals surface area contributed by atoms with Crippen LogP contribution >= 0.6 is 0 Å². The lowest BCUT2D eigenvalue weighted by Crippen LogP contribution is -2.20. The van der Waals surface area contributed by atoms with Crippen molar-refractivity contribution in [3.05, 3.63) is 23.9 Å². The molecule has 1 fully saturated rings. The minimum absolute atomic E-state index is 0.330. The van der Waals surface area contributed by atoms with Crippen LogP contribution in [0.3, 0.4) is 0 Å². The zero-order valence-electron chi connectivity index (χ0n) is 8.77. The SMILES string of the molecule is COc1ccc(CN2CCC(=O)C2)cn1. The van der Waals surface area contributed by atoms with Crippen LogP contribution in [0.1, 0.15) is 12.0 Å². The molecule has 2 rings (SSSR count). The highest BCUT2D eigenvalue weighted by Gasteiger charge is 2.18. The molecule has 0 aliphatic carbocycles. The van der Waals surface area contributed by atoms with Gasteiger partial charge in [-0.2, -0.15) is 0 Å². The smallest absolute Gasteiger partial charge is 0.212 e. The Morgan fingerprint density at radius 2 is 2.40 bits per heavy atom. The average Bonchev–Trinajstić information content (AvgIpc) is 2.65. The Morgan fingerprint density at radius 1 is 1.53 bits per heavy atom. The molecule has 1 saturated heterocycles. The summed E-state index contributed by atoms with van der Waals surface area (Å²) in [6.07, 6.45) is 2.48. The van der Waals surface area contributed by atoms with Gasteiger partial charge in [0.05, 0.1) is 13.7 Å². The molecule has 0 radical (unpaired) electrons. The molecule has 0 bridgehead atoms. The summed E-state index contributed by atoms with van der Waals surface area (Å²) in [5.74, 6) is 0.952. The molecule has 1 aliphatic rings. The van der Waals surface area contributed by atoms with Crippen molar-refractivity contribution < 1.29 is 9.53 Å². The summed E-state index contributed by atoms with van der Waals surface area (Å²) in [7, 11) is 1.60. The van der Waals surface area contributed by atoms with Crippen LogP contribution in [0, 0.1) is 0 Å². The molecule has 1 aromatic rings. The van der Waals surface area contributed by atoms with Crippen molar-refractivity contribution in [3.8, 4) is 5.88 Å². The molecule has 0 aromatic carbocycles. The third-order valence-electron chi connectivity index (χ3n) is 2.52. The number of rotatable bonds is 3. The molecular weight excluding hydrogens is 192 g/mol. The fourth-order valence-electron chi connectivity index (χ4n) is 1.71. The molecule has 80 valence electrons. The second kappa shape index (κ2) is 4.40. The summed E-state index contributed by atoms with van der Waals surface area (Å²) in [4.78, 5) is 17.3. The largest absolute Gasteiger partial charge is 0.481 e. The fraction of sp³-hybridized carbons (Fsp3) is 0.455. The number of carbonyl (C=O) groups is 1. The third kappa shape index (κ3) is 2.53. The van der Waals surface area contributed by atoms with E-state index in [1.165, 1.54) is 0 Å². The fourth-order valence-corrected chi connectivity index (χ4v) is 1.71. The molecule has 0 spiro atoms. The van der Waals surface area contributed by atoms with Gasteiger partial charge in [0.25, 0.3) is 0 Å². The number of ether oxygens (including phenoxy) is 1. The van der Waals surface area contributed by atoms with Crippen LogP contribution in [0.4, 0.5) is 0 Å². The van der Waals surface area contributed by atoms with Crippen LogP contribution in [0.25, 0.3) is 0 Å². The van der Waals surface area contributed by atoms with Gasteiger partial charge in [-0.05, 0) is 5.56 Å². The zero-order chi connectivity index (χ0) is 10.7. The highest BCUT2D eigenvalue weighted by atomic mass is 16.5. The quantitative estimate of drug-likeness (QED) is 0.735. The van der Waals surface area contributed by atoms with Gasteiger partial charge in [0.2, 0.25) is 5.88 Å². The second-order valence-electron chi connectivity index (χ2n) is 3.71. The molecule has 15 heavy (non-hydrogen) atoms. The molecule has 0 amide bonds. The predicted octanol–water partition coefficient (Wildman–Crippen LogP) is 0.865. The number of hydrogen-bond acceptors (Lipinski definition) is 4. The van der Waals surface area contributed by atoms with Crippen molar-refractivity contribution in [2.75, 3.05) is 20.2 Å². The maximum absolute atomic E-state index is 11.1. The van der Waals surface area contributed by atoms with Crippen LogP contribution in [0.5, 0.6) is 5.88 Å². The highest BCUT2D eigenvalue weighted by molar-refractivity contribution is 5.82. The van der Waals surface area contributed by atoms with E-state index in [1.807, 2.05) is 12.1 Å². The van der Waals surface area contributed by atoms with E-state index in [1.54, 1.807) is 13.3 Å². The summed E-state index contributed by atoms with van der Waals surface area (Å²) >= 11 is 0. The Morgan fingerprint density at radius 3 is 2.93 bits per heavy atom. The van der Waals surface area contributed by atoms with Crippen molar-refractivity contribution in [3.63, 3.8) is 0 Å². The lowest BCUT2D eigenvalue weighted by Gasteiger charge is -2.13. The van der Waals surface area contributed by atoms with Gasteiger partial charge in [0, 0.05) is 31.8 Å². The minimum atomic E-state index is 0.330. The van der Waals surface area contributed by atoms with E-state index in [-0.39, 0.29) is 0 Å². The number of ketones is 1. The first-order valence-corrected chi connectivity index (χ1v) is 5.01. The monoisotopic (exact) mass is 206 g/mol. The van der Waals surface area contributed by atoms with Crippen LogP contribution in [-0.4, -0.2) is 35.9 Å². The van der Waals surface area contributed by atoms with Gasteiger partial charge >= 0.3 is 0 Å². The van der Waals surface area contributed by atoms with Crippen LogP contribution in [0.15, 0.2) is 18.3 Å². The topological polar surface area (TPSA) is 42.4 Å². The van der Waals surface area contributed by atoms with Gasteiger partial charge in [-0.1, -0.05) is 6.07 Å². The molecule has 0 atom stereocenters. The maximum Gasteiger partial charge on any atom is 0.212 e. The van der Waals surface area contributed by atoms with E-state index in [9.17, 15) is 4.79 Å². The van der Waals surface area contributed by atoms with E-state index in [0.29, 0.717) is 24.6 Å². The van der Waals surface area contributed by atoms with Crippen molar-refractivity contribution in [1.82, 2.24) is 9.88 Å². The molecule has 2 heterocycles. The van der Waals surface area contributed by atoms with Gasteiger partial charge in [-0.3, -0.25) is 9.69 Å². The zero-order valence-corrected chi connectivity index (χ0v) is 8.77. The Hall–Kier alpha value is -1.42. The Kier molecular flexibility index (Phi) is 2.97. The molecule has 4 heteroatoms.